The van der Waals surface area contributed by atoms with Crippen LogP contribution >= 0.6 is 0 Å². The molecule has 0 saturated carbocycles. The average Bonchev–Trinajstić information content (AvgIpc) is 2.41. The van der Waals surface area contributed by atoms with E-state index < -0.39 is 0 Å². The molecule has 0 unspecified atom stereocenters. The van der Waals surface area contributed by atoms with E-state index in [0.717, 1.165) is 0 Å². The van der Waals surface area contributed by atoms with Gasteiger partial charge in [-0.15, -0.1) is 0 Å². The van der Waals surface area contributed by atoms with E-state index in [1.807, 2.05) is 0 Å². The first-order valence-electron chi connectivity index (χ1n) is 2.85. The van der Waals surface area contributed by atoms with E-state index in [1.54, 1.807) is 24.8 Å². The first kappa shape index (κ1) is 6.86. The van der Waals surface area contributed by atoms with Gasteiger partial charge < -0.3 is 9.15 Å². The lowest BCUT2D eigenvalue weighted by Gasteiger charge is -1.92. The second kappa shape index (κ2) is 3.71. The Bertz CT molecular complexity index is 179. The van der Waals surface area contributed by atoms with Crippen molar-refractivity contribution in [3.63, 3.8) is 0 Å². The smallest absolute Gasteiger partial charge is 0.293 e. The minimum absolute atomic E-state index is 0.261. The molecule has 0 spiro atoms. The van der Waals surface area contributed by atoms with Gasteiger partial charge in [0.2, 0.25) is 0 Å². The van der Waals surface area contributed by atoms with Gasteiger partial charge >= 0.3 is 0 Å². The van der Waals surface area contributed by atoms with Gasteiger partial charge in [-0.3, -0.25) is 4.79 Å². The predicted molar refractivity (Wildman–Crippen MR) is 34.1 cm³/mol. The molecule has 0 aliphatic carbocycles. The van der Waals surface area contributed by atoms with Gasteiger partial charge in [0.05, 0.1) is 12.7 Å². The van der Waals surface area contributed by atoms with Gasteiger partial charge in [-0.25, -0.2) is 0 Å². The maximum absolute atomic E-state index is 9.66. The Balaban J connectivity index is 2.21. The topological polar surface area (TPSA) is 39.4 Å². The highest BCUT2D eigenvalue weighted by atomic mass is 16.5. The molecule has 3 nitrogen and oxygen atoms in total. The van der Waals surface area contributed by atoms with E-state index >= 15 is 0 Å². The summed E-state index contributed by atoms with van der Waals surface area (Å²) in [6.07, 6.45) is 3.24. The van der Waals surface area contributed by atoms with Gasteiger partial charge in [0.15, 0.2) is 0 Å². The summed E-state index contributed by atoms with van der Waals surface area (Å²) in [7, 11) is 0. The van der Waals surface area contributed by atoms with Gasteiger partial charge in [0.25, 0.3) is 6.47 Å². The molecule has 53 valence electrons. The molecule has 1 aromatic rings. The zero-order valence-electron chi connectivity index (χ0n) is 5.32. The van der Waals surface area contributed by atoms with Crippen LogP contribution in [0.4, 0.5) is 0 Å². The maximum atomic E-state index is 9.66. The number of ether oxygens (including phenoxy) is 1. The lowest BCUT2D eigenvalue weighted by Crippen LogP contribution is -1.91. The molecule has 0 fully saturated rings. The zero-order chi connectivity index (χ0) is 7.23. The number of carbonyl (C=O) groups excluding carboxylic acids is 1. The third-order valence-electron chi connectivity index (χ3n) is 0.992. The highest BCUT2D eigenvalue weighted by Gasteiger charge is 1.93. The van der Waals surface area contributed by atoms with Crippen molar-refractivity contribution in [2.75, 3.05) is 6.61 Å². The van der Waals surface area contributed by atoms with Crippen molar-refractivity contribution >= 4 is 6.47 Å². The van der Waals surface area contributed by atoms with Crippen LogP contribution in [0.15, 0.2) is 22.8 Å². The molecule has 1 radical (unpaired) electrons. The second-order valence-corrected chi connectivity index (χ2v) is 1.65. The predicted octanol–water partition coefficient (Wildman–Crippen LogP) is 1.00. The first-order chi connectivity index (χ1) is 4.93. The van der Waals surface area contributed by atoms with Gasteiger partial charge in [-0.1, -0.05) is 0 Å². The van der Waals surface area contributed by atoms with E-state index in [1.165, 1.54) is 0 Å². The summed E-state index contributed by atoms with van der Waals surface area (Å²) < 4.78 is 9.34. The minimum atomic E-state index is 0.261. The Kier molecular flexibility index (Phi) is 2.55. The Labute approximate surface area is 58.6 Å². The van der Waals surface area contributed by atoms with Crippen molar-refractivity contribution < 1.29 is 13.9 Å². The minimum Gasteiger partial charge on any atom is -0.469 e. The molecule has 1 rings (SSSR count). The number of carbonyl (C=O) groups is 1. The normalized spacial score (nSPS) is 9.20. The fourth-order valence-electron chi connectivity index (χ4n) is 0.577. The second-order valence-electron chi connectivity index (χ2n) is 1.65. The van der Waals surface area contributed by atoms with E-state index in [0.29, 0.717) is 12.2 Å². The molecule has 0 amide bonds. The van der Waals surface area contributed by atoms with Crippen LogP contribution in [0.5, 0.6) is 0 Å². The van der Waals surface area contributed by atoms with Crippen molar-refractivity contribution in [2.45, 2.75) is 0 Å². The van der Waals surface area contributed by atoms with Crippen LogP contribution < -0.4 is 0 Å². The van der Waals surface area contributed by atoms with Crippen LogP contribution in [0.25, 0.3) is 0 Å². The van der Waals surface area contributed by atoms with Crippen LogP contribution in [0, 0.1) is 6.42 Å². The molecule has 0 aromatic carbocycles. The van der Waals surface area contributed by atoms with E-state index in [9.17, 15) is 4.79 Å². The van der Waals surface area contributed by atoms with E-state index in [2.05, 4.69) is 4.74 Å². The first-order valence-corrected chi connectivity index (χ1v) is 2.85. The Morgan fingerprint density at radius 2 is 2.60 bits per heavy atom. The Hall–Kier alpha value is -1.25. The summed E-state index contributed by atoms with van der Waals surface area (Å²) in [6.45, 7) is 0.663. The number of hydrogen-bond acceptors (Lipinski definition) is 3. The molecule has 1 heterocycles. The largest absolute Gasteiger partial charge is 0.469 e. The van der Waals surface area contributed by atoms with Crippen LogP contribution in [-0.2, 0) is 9.53 Å². The highest BCUT2D eigenvalue weighted by Crippen LogP contribution is 2.01. The summed E-state index contributed by atoms with van der Waals surface area (Å²) >= 11 is 0. The molecule has 0 bridgehead atoms. The lowest BCUT2D eigenvalue weighted by molar-refractivity contribution is -0.127. The number of hydrogen-bond donors (Lipinski definition) is 0. The molecular weight excluding hydrogens is 132 g/mol. The molecule has 10 heavy (non-hydrogen) atoms. The lowest BCUT2D eigenvalue weighted by atomic mass is 10.3. The molecule has 0 N–H and O–H groups in total. The third kappa shape index (κ3) is 1.93. The quantitative estimate of drug-likeness (QED) is 0.461. The number of furan rings is 1. The van der Waals surface area contributed by atoms with Crippen molar-refractivity contribution in [2.24, 2.45) is 0 Å². The summed E-state index contributed by atoms with van der Waals surface area (Å²) in [5.41, 5.74) is 0. The van der Waals surface area contributed by atoms with E-state index in [4.69, 9.17) is 4.42 Å². The van der Waals surface area contributed by atoms with Crippen molar-refractivity contribution in [3.8, 4) is 0 Å². The Morgan fingerprint density at radius 1 is 1.70 bits per heavy atom. The van der Waals surface area contributed by atoms with Crippen molar-refractivity contribution in [3.05, 3.63) is 30.6 Å². The highest BCUT2D eigenvalue weighted by molar-refractivity contribution is 5.37. The molecular formula is C7H7O3. The fourth-order valence-corrected chi connectivity index (χ4v) is 0.577. The standard InChI is InChI=1S/C7H7O3/c8-6-9-5-3-7-2-1-4-10-7/h1-4,6H,5H2. The Morgan fingerprint density at radius 3 is 3.20 bits per heavy atom. The monoisotopic (exact) mass is 139 g/mol. The van der Waals surface area contributed by atoms with Gasteiger partial charge in [-0.2, -0.15) is 0 Å². The molecule has 0 aliphatic heterocycles. The van der Waals surface area contributed by atoms with Gasteiger partial charge in [0.1, 0.15) is 12.4 Å². The summed E-state index contributed by atoms with van der Waals surface area (Å²) in [6, 6.07) is 3.56. The zero-order valence-corrected chi connectivity index (χ0v) is 5.32. The number of rotatable bonds is 4. The molecule has 3 heteroatoms. The summed E-state index contributed by atoms with van der Waals surface area (Å²) in [4.78, 5) is 9.66. The fraction of sp³-hybridized carbons (Fsp3) is 0.143. The van der Waals surface area contributed by atoms with Gasteiger partial charge in [0, 0.05) is 0 Å². The van der Waals surface area contributed by atoms with Crippen LogP contribution in [0.1, 0.15) is 5.76 Å². The van der Waals surface area contributed by atoms with Crippen LogP contribution in [0.2, 0.25) is 0 Å². The maximum Gasteiger partial charge on any atom is 0.293 e. The average molecular weight is 139 g/mol. The van der Waals surface area contributed by atoms with Crippen LogP contribution in [-0.4, -0.2) is 13.1 Å². The van der Waals surface area contributed by atoms with E-state index in [-0.39, 0.29) is 6.61 Å². The van der Waals surface area contributed by atoms with Gasteiger partial charge in [-0.05, 0) is 12.1 Å². The molecule has 1 aromatic heterocycles. The van der Waals surface area contributed by atoms with Crippen molar-refractivity contribution in [1.82, 2.24) is 0 Å². The van der Waals surface area contributed by atoms with Crippen molar-refractivity contribution in [1.29, 1.82) is 0 Å². The third-order valence-corrected chi connectivity index (χ3v) is 0.992. The van der Waals surface area contributed by atoms with Crippen LogP contribution in [0.3, 0.4) is 0 Å². The molecule has 0 aliphatic rings. The molecule has 0 atom stereocenters. The SMILES string of the molecule is O=COC[CH]c1ccco1. The summed E-state index contributed by atoms with van der Waals surface area (Å²) in [5.74, 6) is 0.710. The molecule has 0 saturated heterocycles. The summed E-state index contributed by atoms with van der Waals surface area (Å²) in [5, 5.41) is 0.